The van der Waals surface area contributed by atoms with E-state index in [1.807, 2.05) is 30.3 Å². The summed E-state index contributed by atoms with van der Waals surface area (Å²) in [6.07, 6.45) is 0. The van der Waals surface area contributed by atoms with E-state index in [4.69, 9.17) is 5.73 Å². The predicted molar refractivity (Wildman–Crippen MR) is 78.2 cm³/mol. The number of hydrogen-bond acceptors (Lipinski definition) is 2. The number of carbonyl (C=O) groups excluding carboxylic acids is 1. The van der Waals surface area contributed by atoms with E-state index in [-0.39, 0.29) is 17.0 Å². The third-order valence-electron chi connectivity index (χ3n) is 3.31. The fraction of sp³-hybridized carbons (Fsp3) is 0. The van der Waals surface area contributed by atoms with Gasteiger partial charge in [0.2, 0.25) is 0 Å². The zero-order chi connectivity index (χ0) is 14.1. The Labute approximate surface area is 115 Å². The molecular weight excluding hydrogens is 253 g/mol. The quantitative estimate of drug-likeness (QED) is 0.566. The summed E-state index contributed by atoms with van der Waals surface area (Å²) in [4.78, 5) is 12.4. The molecule has 20 heavy (non-hydrogen) atoms. The minimum absolute atomic E-state index is 0.106. The van der Waals surface area contributed by atoms with Crippen molar-refractivity contribution in [1.82, 2.24) is 0 Å². The number of nitrogens with two attached hydrogens (primary N) is 1. The first-order chi connectivity index (χ1) is 9.66. The number of halogens is 1. The Balaban J connectivity index is 2.10. The molecule has 0 saturated heterocycles. The zero-order valence-corrected chi connectivity index (χ0v) is 10.6. The summed E-state index contributed by atoms with van der Waals surface area (Å²) in [5.41, 5.74) is 6.23. The van der Waals surface area contributed by atoms with E-state index >= 15 is 0 Å². The van der Waals surface area contributed by atoms with Crippen LogP contribution in [0.5, 0.6) is 0 Å². The average Bonchev–Trinajstić information content (AvgIpc) is 2.49. The number of nitrogen functional groups attached to an aromatic ring is 1. The highest BCUT2D eigenvalue weighted by atomic mass is 19.1. The summed E-state index contributed by atoms with van der Waals surface area (Å²) in [6.45, 7) is 0. The molecule has 0 fully saturated rings. The Kier molecular flexibility index (Phi) is 2.95. The van der Waals surface area contributed by atoms with Crippen molar-refractivity contribution in [2.24, 2.45) is 0 Å². The smallest absolute Gasteiger partial charge is 0.195 e. The lowest BCUT2D eigenvalue weighted by molar-refractivity contribution is 0.103. The van der Waals surface area contributed by atoms with Gasteiger partial charge in [0, 0.05) is 11.1 Å². The van der Waals surface area contributed by atoms with Gasteiger partial charge in [0.15, 0.2) is 5.78 Å². The number of hydrogen-bond donors (Lipinski definition) is 1. The summed E-state index contributed by atoms with van der Waals surface area (Å²) in [6, 6.07) is 17.4. The van der Waals surface area contributed by atoms with Crippen LogP contribution in [0.15, 0.2) is 60.7 Å². The first kappa shape index (κ1) is 12.4. The fourth-order valence-corrected chi connectivity index (χ4v) is 2.22. The maximum atomic E-state index is 13.4. The van der Waals surface area contributed by atoms with Gasteiger partial charge in [-0.25, -0.2) is 4.39 Å². The van der Waals surface area contributed by atoms with Crippen LogP contribution in [-0.4, -0.2) is 5.78 Å². The summed E-state index contributed by atoms with van der Waals surface area (Å²) in [5.74, 6) is -0.843. The van der Waals surface area contributed by atoms with Crippen LogP contribution < -0.4 is 5.73 Å². The van der Waals surface area contributed by atoms with Crippen LogP contribution >= 0.6 is 0 Å². The van der Waals surface area contributed by atoms with Crippen LogP contribution in [-0.2, 0) is 0 Å². The molecule has 0 saturated carbocycles. The molecule has 0 unspecified atom stereocenters. The van der Waals surface area contributed by atoms with Crippen LogP contribution in [0.3, 0.4) is 0 Å². The van der Waals surface area contributed by atoms with Crippen molar-refractivity contribution in [3.63, 3.8) is 0 Å². The molecule has 3 heteroatoms. The summed E-state index contributed by atoms with van der Waals surface area (Å²) >= 11 is 0. The zero-order valence-electron chi connectivity index (χ0n) is 10.6. The molecule has 2 nitrogen and oxygen atoms in total. The maximum absolute atomic E-state index is 13.4. The SMILES string of the molecule is Nc1c(F)cccc1C(=O)c1ccc2ccccc2c1. The minimum Gasteiger partial charge on any atom is -0.396 e. The highest BCUT2D eigenvalue weighted by molar-refractivity contribution is 6.13. The first-order valence-electron chi connectivity index (χ1n) is 6.24. The number of ketones is 1. The molecule has 0 aliphatic carbocycles. The van der Waals surface area contributed by atoms with Gasteiger partial charge in [-0.15, -0.1) is 0 Å². The van der Waals surface area contributed by atoms with Gasteiger partial charge in [0.05, 0.1) is 5.69 Å². The predicted octanol–water partition coefficient (Wildman–Crippen LogP) is 3.79. The second kappa shape index (κ2) is 4.78. The van der Waals surface area contributed by atoms with E-state index in [1.54, 1.807) is 12.1 Å². The van der Waals surface area contributed by atoms with Crippen LogP contribution in [0.1, 0.15) is 15.9 Å². The summed E-state index contributed by atoms with van der Waals surface area (Å²) in [5, 5.41) is 2.02. The van der Waals surface area contributed by atoms with Gasteiger partial charge in [-0.1, -0.05) is 42.5 Å². The average molecular weight is 265 g/mol. The van der Waals surface area contributed by atoms with E-state index in [0.29, 0.717) is 5.56 Å². The molecule has 0 spiro atoms. The Morgan fingerprint density at radius 3 is 2.45 bits per heavy atom. The van der Waals surface area contributed by atoms with Gasteiger partial charge >= 0.3 is 0 Å². The molecule has 0 aliphatic rings. The standard InChI is InChI=1S/C17H12FNO/c18-15-7-3-6-14(16(15)19)17(20)13-9-8-11-4-1-2-5-12(11)10-13/h1-10H,19H2. The summed E-state index contributed by atoms with van der Waals surface area (Å²) < 4.78 is 13.4. The van der Waals surface area contributed by atoms with Crippen molar-refractivity contribution in [1.29, 1.82) is 0 Å². The Morgan fingerprint density at radius 1 is 0.900 bits per heavy atom. The van der Waals surface area contributed by atoms with Crippen molar-refractivity contribution in [2.45, 2.75) is 0 Å². The van der Waals surface area contributed by atoms with E-state index < -0.39 is 5.82 Å². The second-order valence-electron chi connectivity index (χ2n) is 4.59. The van der Waals surface area contributed by atoms with Crippen molar-refractivity contribution >= 4 is 22.2 Å². The van der Waals surface area contributed by atoms with Gasteiger partial charge in [0.1, 0.15) is 5.82 Å². The molecule has 0 bridgehead atoms. The van der Waals surface area contributed by atoms with Crippen LogP contribution in [0.2, 0.25) is 0 Å². The van der Waals surface area contributed by atoms with Gasteiger partial charge in [0.25, 0.3) is 0 Å². The van der Waals surface area contributed by atoms with Gasteiger partial charge in [-0.2, -0.15) is 0 Å². The normalized spacial score (nSPS) is 10.7. The van der Waals surface area contributed by atoms with Crippen LogP contribution in [0.4, 0.5) is 10.1 Å². The number of anilines is 1. The topological polar surface area (TPSA) is 43.1 Å². The van der Waals surface area contributed by atoms with Gasteiger partial charge in [-0.05, 0) is 29.0 Å². The second-order valence-corrected chi connectivity index (χ2v) is 4.59. The number of carbonyl (C=O) groups is 1. The summed E-state index contributed by atoms with van der Waals surface area (Å²) in [7, 11) is 0. The van der Waals surface area contributed by atoms with E-state index in [0.717, 1.165) is 10.8 Å². The molecular formula is C17H12FNO. The Morgan fingerprint density at radius 2 is 1.65 bits per heavy atom. The van der Waals surface area contributed by atoms with Crippen molar-refractivity contribution in [3.8, 4) is 0 Å². The molecule has 3 aromatic rings. The van der Waals surface area contributed by atoms with E-state index in [2.05, 4.69) is 0 Å². The van der Waals surface area contributed by atoms with Crippen molar-refractivity contribution < 1.29 is 9.18 Å². The minimum atomic E-state index is -0.573. The van der Waals surface area contributed by atoms with E-state index in [1.165, 1.54) is 18.2 Å². The highest BCUT2D eigenvalue weighted by Gasteiger charge is 2.14. The Hall–Kier alpha value is -2.68. The third kappa shape index (κ3) is 2.03. The number of rotatable bonds is 2. The lowest BCUT2D eigenvalue weighted by Crippen LogP contribution is -2.06. The first-order valence-corrected chi connectivity index (χ1v) is 6.24. The molecule has 3 rings (SSSR count). The molecule has 0 heterocycles. The molecule has 3 aromatic carbocycles. The lowest BCUT2D eigenvalue weighted by atomic mass is 9.99. The number of fused-ring (bicyclic) bond motifs is 1. The van der Waals surface area contributed by atoms with E-state index in [9.17, 15) is 9.18 Å². The number of para-hydroxylation sites is 1. The fourth-order valence-electron chi connectivity index (χ4n) is 2.22. The molecule has 0 radical (unpaired) electrons. The highest BCUT2D eigenvalue weighted by Crippen LogP contribution is 2.22. The van der Waals surface area contributed by atoms with Crippen LogP contribution in [0.25, 0.3) is 10.8 Å². The van der Waals surface area contributed by atoms with Gasteiger partial charge in [-0.3, -0.25) is 4.79 Å². The number of benzene rings is 3. The van der Waals surface area contributed by atoms with Crippen molar-refractivity contribution in [2.75, 3.05) is 5.73 Å². The Bertz CT molecular complexity index is 811. The molecule has 0 aromatic heterocycles. The molecule has 0 atom stereocenters. The van der Waals surface area contributed by atoms with Crippen molar-refractivity contribution in [3.05, 3.63) is 77.6 Å². The lowest BCUT2D eigenvalue weighted by Gasteiger charge is -2.06. The maximum Gasteiger partial charge on any atom is 0.195 e. The monoisotopic (exact) mass is 265 g/mol. The molecule has 0 aliphatic heterocycles. The molecule has 0 amide bonds. The largest absolute Gasteiger partial charge is 0.396 e. The van der Waals surface area contributed by atoms with Crippen LogP contribution in [0, 0.1) is 5.82 Å². The molecule has 98 valence electrons. The van der Waals surface area contributed by atoms with Gasteiger partial charge < -0.3 is 5.73 Å². The third-order valence-corrected chi connectivity index (χ3v) is 3.31. The molecule has 2 N–H and O–H groups in total.